The van der Waals surface area contributed by atoms with E-state index < -0.39 is 5.97 Å². The summed E-state index contributed by atoms with van der Waals surface area (Å²) in [5, 5.41) is 0.700. The van der Waals surface area contributed by atoms with Crippen LogP contribution in [0.3, 0.4) is 0 Å². The summed E-state index contributed by atoms with van der Waals surface area (Å²) in [6.07, 6.45) is 0. The van der Waals surface area contributed by atoms with Crippen LogP contribution in [-0.4, -0.2) is 27.9 Å². The second-order valence-electron chi connectivity index (χ2n) is 8.94. The van der Waals surface area contributed by atoms with E-state index in [-0.39, 0.29) is 12.4 Å². The Balaban J connectivity index is 1.48. The molecule has 5 rings (SSSR count). The third kappa shape index (κ3) is 4.56. The predicted octanol–water partition coefficient (Wildman–Crippen LogP) is 6.66. The van der Waals surface area contributed by atoms with E-state index in [4.69, 9.17) is 9.72 Å². The van der Waals surface area contributed by atoms with Crippen LogP contribution in [-0.2, 0) is 4.74 Å². The summed E-state index contributed by atoms with van der Waals surface area (Å²) in [6, 6.07) is 28.6. The van der Waals surface area contributed by atoms with E-state index in [1.165, 1.54) is 0 Å². The molecule has 0 saturated heterocycles. The monoisotopic (exact) mass is 474 g/mol. The number of Topliss-reactive ketones (excluding diaryl/α,β-unsaturated/α-hetero) is 1. The smallest absolute Gasteiger partial charge is 0.339 e. The molecule has 5 nitrogen and oxygen atoms in total. The largest absolute Gasteiger partial charge is 0.454 e. The average molecular weight is 475 g/mol. The lowest BCUT2D eigenvalue weighted by Gasteiger charge is -2.12. The maximum Gasteiger partial charge on any atom is 0.339 e. The van der Waals surface area contributed by atoms with Crippen molar-refractivity contribution >= 4 is 22.7 Å². The first-order chi connectivity index (χ1) is 17.4. The van der Waals surface area contributed by atoms with Crippen LogP contribution >= 0.6 is 0 Å². The number of ether oxygens (including phenoxy) is 1. The van der Waals surface area contributed by atoms with E-state index in [2.05, 4.69) is 30.5 Å². The van der Waals surface area contributed by atoms with E-state index >= 15 is 0 Å². The van der Waals surface area contributed by atoms with Crippen LogP contribution in [0.5, 0.6) is 0 Å². The van der Waals surface area contributed by atoms with Crippen LogP contribution in [0, 0.1) is 20.8 Å². The summed E-state index contributed by atoms with van der Waals surface area (Å²) >= 11 is 0. The fraction of sp³-hybridized carbons (Fsp3) is 0.129. The van der Waals surface area contributed by atoms with Crippen molar-refractivity contribution in [2.45, 2.75) is 20.8 Å². The zero-order chi connectivity index (χ0) is 25.2. The molecule has 0 atom stereocenters. The first kappa shape index (κ1) is 23.2. The highest BCUT2D eigenvalue weighted by atomic mass is 16.5. The first-order valence-corrected chi connectivity index (χ1v) is 11.8. The number of nitrogens with zero attached hydrogens (tertiary/aromatic N) is 2. The maximum atomic E-state index is 13.2. The molecule has 5 heteroatoms. The Morgan fingerprint density at radius 2 is 1.50 bits per heavy atom. The molecule has 0 aliphatic heterocycles. The van der Waals surface area contributed by atoms with Crippen LogP contribution in [0.4, 0.5) is 0 Å². The first-order valence-electron chi connectivity index (χ1n) is 11.8. The molecule has 178 valence electrons. The lowest BCUT2D eigenvalue weighted by Crippen LogP contribution is -2.15. The van der Waals surface area contributed by atoms with Gasteiger partial charge in [-0.05, 0) is 63.2 Å². The van der Waals surface area contributed by atoms with Gasteiger partial charge in [0.2, 0.25) is 0 Å². The number of carbonyl (C=O) groups is 2. The topological polar surface area (TPSA) is 61.2 Å². The van der Waals surface area contributed by atoms with Crippen molar-refractivity contribution in [3.8, 4) is 16.9 Å². The Morgan fingerprint density at radius 3 is 2.19 bits per heavy atom. The number of aryl methyl sites for hydroxylation is 3. The van der Waals surface area contributed by atoms with Gasteiger partial charge in [-0.2, -0.15) is 0 Å². The van der Waals surface area contributed by atoms with Gasteiger partial charge in [0.1, 0.15) is 0 Å². The van der Waals surface area contributed by atoms with Gasteiger partial charge in [0.25, 0.3) is 0 Å². The van der Waals surface area contributed by atoms with E-state index in [1.807, 2.05) is 55.5 Å². The van der Waals surface area contributed by atoms with Crippen LogP contribution < -0.4 is 0 Å². The van der Waals surface area contributed by atoms with Gasteiger partial charge in [0.05, 0.1) is 16.8 Å². The van der Waals surface area contributed by atoms with Gasteiger partial charge in [-0.1, -0.05) is 54.1 Å². The molecule has 0 amide bonds. The Hall–Kier alpha value is -4.51. The van der Waals surface area contributed by atoms with Crippen molar-refractivity contribution in [2.24, 2.45) is 0 Å². The van der Waals surface area contributed by atoms with Crippen molar-refractivity contribution in [1.29, 1.82) is 0 Å². The number of benzene rings is 3. The van der Waals surface area contributed by atoms with Gasteiger partial charge in [0, 0.05) is 33.6 Å². The second-order valence-corrected chi connectivity index (χ2v) is 8.94. The normalized spacial score (nSPS) is 11.0. The van der Waals surface area contributed by atoms with Gasteiger partial charge in [-0.15, -0.1) is 0 Å². The van der Waals surface area contributed by atoms with Crippen molar-refractivity contribution in [3.05, 3.63) is 119 Å². The SMILES string of the molecule is Cc1ccc2nc(-c3ccc(-n4c(C)ccc4C)cc3)cc(C(=O)OCC(=O)c3ccccc3)c2c1. The minimum atomic E-state index is -0.547. The molecule has 0 saturated carbocycles. The maximum absolute atomic E-state index is 13.2. The summed E-state index contributed by atoms with van der Waals surface area (Å²) in [6.45, 7) is 5.80. The third-order valence-corrected chi connectivity index (χ3v) is 6.31. The van der Waals surface area contributed by atoms with Crippen LogP contribution in [0.2, 0.25) is 0 Å². The number of rotatable bonds is 6. The molecule has 0 fully saturated rings. The van der Waals surface area contributed by atoms with Gasteiger partial charge < -0.3 is 9.30 Å². The Bertz CT molecular complexity index is 1560. The molecule has 0 radical (unpaired) electrons. The fourth-order valence-electron chi connectivity index (χ4n) is 4.43. The molecule has 0 aliphatic carbocycles. The minimum absolute atomic E-state index is 0.245. The van der Waals surface area contributed by atoms with E-state index in [0.29, 0.717) is 27.7 Å². The summed E-state index contributed by atoms with van der Waals surface area (Å²) in [7, 11) is 0. The molecule has 2 heterocycles. The molecule has 5 aromatic rings. The number of carbonyl (C=O) groups excluding carboxylic acids is 2. The van der Waals surface area contributed by atoms with Crippen molar-refractivity contribution in [1.82, 2.24) is 9.55 Å². The van der Waals surface area contributed by atoms with Crippen LogP contribution in [0.15, 0.2) is 91.0 Å². The number of aromatic nitrogens is 2. The quantitative estimate of drug-likeness (QED) is 0.204. The van der Waals surface area contributed by atoms with Gasteiger partial charge in [-0.3, -0.25) is 4.79 Å². The molecule has 0 spiro atoms. The number of hydrogen-bond acceptors (Lipinski definition) is 4. The lowest BCUT2D eigenvalue weighted by atomic mass is 10.0. The molecule has 2 aromatic heterocycles. The summed E-state index contributed by atoms with van der Waals surface area (Å²) < 4.78 is 7.65. The zero-order valence-electron chi connectivity index (χ0n) is 20.5. The second kappa shape index (κ2) is 9.62. The number of fused-ring (bicyclic) bond motifs is 1. The third-order valence-electron chi connectivity index (χ3n) is 6.31. The Morgan fingerprint density at radius 1 is 0.806 bits per heavy atom. The zero-order valence-corrected chi connectivity index (χ0v) is 20.5. The molecule has 0 aliphatic rings. The summed E-state index contributed by atoms with van der Waals surface area (Å²) in [5.41, 5.74) is 7.54. The van der Waals surface area contributed by atoms with E-state index in [9.17, 15) is 9.59 Å². The number of ketones is 1. The van der Waals surface area contributed by atoms with Crippen molar-refractivity contribution in [3.63, 3.8) is 0 Å². The van der Waals surface area contributed by atoms with Crippen molar-refractivity contribution < 1.29 is 14.3 Å². The highest BCUT2D eigenvalue weighted by Gasteiger charge is 2.18. The molecule has 0 unspecified atom stereocenters. The van der Waals surface area contributed by atoms with Gasteiger partial charge in [-0.25, -0.2) is 9.78 Å². The lowest BCUT2D eigenvalue weighted by molar-refractivity contribution is 0.0476. The molecular formula is C31H26N2O3. The minimum Gasteiger partial charge on any atom is -0.454 e. The number of esters is 1. The number of pyridine rings is 1. The standard InChI is InChI=1S/C31H26N2O3/c1-20-9-16-28-26(17-20)27(31(35)36-19-30(34)24-7-5-4-6-8-24)18-29(32-28)23-12-14-25(15-13-23)33-21(2)10-11-22(33)3/h4-18H,19H2,1-3H3. The average Bonchev–Trinajstić information content (AvgIpc) is 3.24. The van der Waals surface area contributed by atoms with E-state index in [0.717, 1.165) is 28.2 Å². The highest BCUT2D eigenvalue weighted by Crippen LogP contribution is 2.28. The predicted molar refractivity (Wildman–Crippen MR) is 142 cm³/mol. The Labute approximate surface area is 210 Å². The van der Waals surface area contributed by atoms with Gasteiger partial charge >= 0.3 is 5.97 Å². The fourth-order valence-corrected chi connectivity index (χ4v) is 4.43. The number of hydrogen-bond donors (Lipinski definition) is 0. The van der Waals surface area contributed by atoms with Crippen LogP contribution in [0.25, 0.3) is 27.8 Å². The molecular weight excluding hydrogens is 448 g/mol. The van der Waals surface area contributed by atoms with E-state index in [1.54, 1.807) is 30.3 Å². The molecule has 0 N–H and O–H groups in total. The summed E-state index contributed by atoms with van der Waals surface area (Å²) in [5.74, 6) is -0.793. The molecule has 3 aromatic carbocycles. The summed E-state index contributed by atoms with van der Waals surface area (Å²) in [4.78, 5) is 30.5. The highest BCUT2D eigenvalue weighted by molar-refractivity contribution is 6.06. The van der Waals surface area contributed by atoms with Crippen molar-refractivity contribution in [2.75, 3.05) is 6.61 Å². The van der Waals surface area contributed by atoms with Gasteiger partial charge in [0.15, 0.2) is 12.4 Å². The molecule has 0 bridgehead atoms. The molecule has 36 heavy (non-hydrogen) atoms. The van der Waals surface area contributed by atoms with Crippen LogP contribution in [0.1, 0.15) is 37.7 Å². The Kier molecular flexibility index (Phi) is 6.21.